The Kier molecular flexibility index (Phi) is 3.42. The summed E-state index contributed by atoms with van der Waals surface area (Å²) in [4.78, 5) is 24.3. The molecule has 6 nitrogen and oxygen atoms in total. The van der Waals surface area contributed by atoms with E-state index >= 15 is 0 Å². The van der Waals surface area contributed by atoms with E-state index in [4.69, 9.17) is 4.52 Å². The van der Waals surface area contributed by atoms with Crippen LogP contribution in [-0.2, 0) is 11.2 Å². The van der Waals surface area contributed by atoms with Crippen LogP contribution in [0.2, 0.25) is 0 Å². The average Bonchev–Trinajstić information content (AvgIpc) is 2.76. The first-order valence-corrected chi connectivity index (χ1v) is 6.02. The molecule has 0 unspecified atom stereocenters. The van der Waals surface area contributed by atoms with Crippen LogP contribution in [0.3, 0.4) is 0 Å². The largest absolute Gasteiger partial charge is 0.338 e. The van der Waals surface area contributed by atoms with Crippen LogP contribution < -0.4 is 0 Å². The molecule has 0 spiro atoms. The molecule has 100 valence electrons. The van der Waals surface area contributed by atoms with Crippen LogP contribution in [0.25, 0.3) is 11.5 Å². The Hall–Kier alpha value is -2.11. The molecule has 2 heterocycles. The zero-order valence-corrected chi connectivity index (χ0v) is 11.5. The van der Waals surface area contributed by atoms with Crippen molar-refractivity contribution in [2.24, 2.45) is 5.41 Å². The summed E-state index contributed by atoms with van der Waals surface area (Å²) in [6.07, 6.45) is 1.77. The van der Waals surface area contributed by atoms with Crippen molar-refractivity contribution >= 4 is 5.78 Å². The van der Waals surface area contributed by atoms with Crippen molar-refractivity contribution in [2.45, 2.75) is 34.1 Å². The van der Waals surface area contributed by atoms with Gasteiger partial charge >= 0.3 is 0 Å². The van der Waals surface area contributed by atoms with Gasteiger partial charge in [0.2, 0.25) is 11.7 Å². The van der Waals surface area contributed by atoms with Crippen LogP contribution >= 0.6 is 0 Å². The third kappa shape index (κ3) is 3.21. The highest BCUT2D eigenvalue weighted by molar-refractivity contribution is 5.85. The molecule has 2 rings (SSSR count). The summed E-state index contributed by atoms with van der Waals surface area (Å²) in [6.45, 7) is 7.37. The Labute approximate surface area is 111 Å². The van der Waals surface area contributed by atoms with Crippen LogP contribution in [0.4, 0.5) is 0 Å². The Morgan fingerprint density at radius 2 is 2.05 bits per heavy atom. The molecule has 0 aliphatic rings. The third-order valence-corrected chi connectivity index (χ3v) is 2.62. The minimum Gasteiger partial charge on any atom is -0.338 e. The van der Waals surface area contributed by atoms with E-state index in [1.807, 2.05) is 20.8 Å². The van der Waals surface area contributed by atoms with Crippen molar-refractivity contribution in [2.75, 3.05) is 0 Å². The van der Waals surface area contributed by atoms with Crippen molar-refractivity contribution in [3.8, 4) is 11.5 Å². The van der Waals surface area contributed by atoms with Gasteiger partial charge in [-0.3, -0.25) is 4.79 Å². The molecule has 0 bridgehead atoms. The first-order valence-electron chi connectivity index (χ1n) is 6.02. The van der Waals surface area contributed by atoms with Gasteiger partial charge in [-0.2, -0.15) is 4.98 Å². The second-order valence-electron chi connectivity index (χ2n) is 5.35. The first kappa shape index (κ1) is 13.3. The normalized spacial score (nSPS) is 11.6. The number of carbonyl (C=O) groups is 1. The third-order valence-electron chi connectivity index (χ3n) is 2.62. The predicted octanol–water partition coefficient (Wildman–Crippen LogP) is 1.99. The molecule has 0 N–H and O–H groups in total. The minimum absolute atomic E-state index is 0.0570. The van der Waals surface area contributed by atoms with Gasteiger partial charge in [-0.05, 0) is 13.0 Å². The van der Waals surface area contributed by atoms with Crippen molar-refractivity contribution in [1.29, 1.82) is 0 Å². The van der Waals surface area contributed by atoms with Gasteiger partial charge in [0.05, 0.1) is 6.42 Å². The molecule has 19 heavy (non-hydrogen) atoms. The lowest BCUT2D eigenvalue weighted by molar-refractivity contribution is -0.125. The van der Waals surface area contributed by atoms with E-state index in [1.54, 1.807) is 19.2 Å². The van der Waals surface area contributed by atoms with E-state index < -0.39 is 5.41 Å². The molecule has 2 aromatic rings. The molecule has 0 fully saturated rings. The molecule has 0 aromatic carbocycles. The van der Waals surface area contributed by atoms with Gasteiger partial charge in [0, 0.05) is 11.6 Å². The summed E-state index contributed by atoms with van der Waals surface area (Å²) in [5.74, 6) is 1.38. The summed E-state index contributed by atoms with van der Waals surface area (Å²) < 4.78 is 5.08. The molecule has 0 saturated heterocycles. The monoisotopic (exact) mass is 260 g/mol. The van der Waals surface area contributed by atoms with E-state index in [0.717, 1.165) is 0 Å². The SMILES string of the molecule is Cc1nccc(-c2noc(CC(=O)C(C)(C)C)n2)n1. The molecule has 6 heteroatoms. The fourth-order valence-electron chi connectivity index (χ4n) is 1.41. The highest BCUT2D eigenvalue weighted by Crippen LogP contribution is 2.18. The van der Waals surface area contributed by atoms with E-state index in [2.05, 4.69) is 20.1 Å². The minimum atomic E-state index is -0.417. The highest BCUT2D eigenvalue weighted by Gasteiger charge is 2.24. The number of carbonyl (C=O) groups excluding carboxylic acids is 1. The number of aromatic nitrogens is 4. The topological polar surface area (TPSA) is 81.8 Å². The van der Waals surface area contributed by atoms with Crippen LogP contribution in [0.15, 0.2) is 16.8 Å². The van der Waals surface area contributed by atoms with Gasteiger partial charge < -0.3 is 4.52 Å². The molecule has 0 atom stereocenters. The van der Waals surface area contributed by atoms with Crippen LogP contribution in [0.1, 0.15) is 32.5 Å². The number of nitrogens with zero attached hydrogens (tertiary/aromatic N) is 4. The summed E-state index contributed by atoms with van der Waals surface area (Å²) in [7, 11) is 0. The number of Topliss-reactive ketones (excluding diaryl/α,β-unsaturated/α-hetero) is 1. The number of hydrogen-bond donors (Lipinski definition) is 0. The summed E-state index contributed by atoms with van der Waals surface area (Å²) in [6, 6.07) is 1.70. The van der Waals surface area contributed by atoms with E-state index in [0.29, 0.717) is 23.2 Å². The molecule has 0 aliphatic heterocycles. The molecule has 0 aliphatic carbocycles. The maximum absolute atomic E-state index is 11.9. The first-order chi connectivity index (χ1) is 8.86. The maximum Gasteiger partial charge on any atom is 0.234 e. The molecule has 0 radical (unpaired) electrons. The quantitative estimate of drug-likeness (QED) is 0.839. The molecule has 0 amide bonds. The van der Waals surface area contributed by atoms with Crippen molar-refractivity contribution < 1.29 is 9.32 Å². The molecular formula is C13H16N4O2. The number of aryl methyl sites for hydroxylation is 1. The number of rotatable bonds is 3. The second kappa shape index (κ2) is 4.87. The fourth-order valence-corrected chi connectivity index (χ4v) is 1.41. The van der Waals surface area contributed by atoms with Crippen LogP contribution in [0, 0.1) is 12.3 Å². The summed E-state index contributed by atoms with van der Waals surface area (Å²) >= 11 is 0. The van der Waals surface area contributed by atoms with Gasteiger partial charge in [-0.1, -0.05) is 25.9 Å². The lowest BCUT2D eigenvalue weighted by atomic mass is 9.89. The highest BCUT2D eigenvalue weighted by atomic mass is 16.5. The lowest BCUT2D eigenvalue weighted by Gasteiger charge is -2.14. The Bertz CT molecular complexity index is 599. The molecule has 0 saturated carbocycles. The van der Waals surface area contributed by atoms with E-state index in [9.17, 15) is 4.79 Å². The zero-order valence-electron chi connectivity index (χ0n) is 11.5. The standard InChI is InChI=1S/C13H16N4O2/c1-8-14-6-5-9(15-8)12-16-11(19-17-12)7-10(18)13(2,3)4/h5-6H,7H2,1-4H3. The number of hydrogen-bond acceptors (Lipinski definition) is 6. The average molecular weight is 260 g/mol. The van der Waals surface area contributed by atoms with Gasteiger partial charge in [-0.25, -0.2) is 9.97 Å². The van der Waals surface area contributed by atoms with Crippen molar-refractivity contribution in [3.05, 3.63) is 24.0 Å². The maximum atomic E-state index is 11.9. The van der Waals surface area contributed by atoms with Gasteiger partial charge in [-0.15, -0.1) is 0 Å². The van der Waals surface area contributed by atoms with Gasteiger partial charge in [0.1, 0.15) is 17.3 Å². The second-order valence-corrected chi connectivity index (χ2v) is 5.35. The Morgan fingerprint density at radius 3 is 2.68 bits per heavy atom. The molecular weight excluding hydrogens is 244 g/mol. The van der Waals surface area contributed by atoms with Gasteiger partial charge in [0.25, 0.3) is 0 Å². The van der Waals surface area contributed by atoms with Crippen molar-refractivity contribution in [1.82, 2.24) is 20.1 Å². The van der Waals surface area contributed by atoms with Crippen LogP contribution in [-0.4, -0.2) is 25.9 Å². The van der Waals surface area contributed by atoms with Crippen molar-refractivity contribution in [3.63, 3.8) is 0 Å². The zero-order chi connectivity index (χ0) is 14.0. The summed E-state index contributed by atoms with van der Waals surface area (Å²) in [5, 5.41) is 3.83. The smallest absolute Gasteiger partial charge is 0.234 e. The van der Waals surface area contributed by atoms with E-state index in [1.165, 1.54) is 0 Å². The Balaban J connectivity index is 2.18. The van der Waals surface area contributed by atoms with E-state index in [-0.39, 0.29) is 12.2 Å². The van der Waals surface area contributed by atoms with Crippen LogP contribution in [0.5, 0.6) is 0 Å². The fraction of sp³-hybridized carbons (Fsp3) is 0.462. The lowest BCUT2D eigenvalue weighted by Crippen LogP contribution is -2.22. The molecule has 2 aromatic heterocycles. The summed E-state index contributed by atoms with van der Waals surface area (Å²) in [5.41, 5.74) is 0.172. The number of ketones is 1. The predicted molar refractivity (Wildman–Crippen MR) is 68.2 cm³/mol. The van der Waals surface area contributed by atoms with Gasteiger partial charge in [0.15, 0.2) is 0 Å². The Morgan fingerprint density at radius 1 is 1.32 bits per heavy atom.